The Labute approximate surface area is 126 Å². The summed E-state index contributed by atoms with van der Waals surface area (Å²) in [5, 5.41) is 5.96. The minimum atomic E-state index is -0.370. The Morgan fingerprint density at radius 2 is 1.80 bits per heavy atom. The van der Waals surface area contributed by atoms with Crippen LogP contribution in [0.5, 0.6) is 0 Å². The molecular weight excluding hydrogens is 278 g/mol. The molecule has 0 radical (unpaired) electrons. The first-order valence-corrected chi connectivity index (χ1v) is 6.68. The second-order valence-corrected chi connectivity index (χ2v) is 4.23. The number of carbonyl (C=O) groups excluding carboxylic acids is 1. The van der Waals surface area contributed by atoms with Gasteiger partial charge in [0.05, 0.1) is 0 Å². The van der Waals surface area contributed by atoms with Crippen LogP contribution in [-0.2, 0) is 11.3 Å². The first-order chi connectivity index (χ1) is 9.33. The van der Waals surface area contributed by atoms with Gasteiger partial charge in [0.25, 0.3) is 0 Å². The maximum atomic E-state index is 11.4. The zero-order valence-electron chi connectivity index (χ0n) is 11.6. The van der Waals surface area contributed by atoms with Gasteiger partial charge >= 0.3 is 6.09 Å². The summed E-state index contributed by atoms with van der Waals surface area (Å²) in [6, 6.07) is 9.62. The molecule has 5 nitrogen and oxygen atoms in total. The van der Waals surface area contributed by atoms with Gasteiger partial charge in [0.15, 0.2) is 0 Å². The first kappa shape index (κ1) is 18.7. The highest BCUT2D eigenvalue weighted by atomic mass is 35.5. The van der Waals surface area contributed by atoms with Crippen molar-refractivity contribution in [2.45, 2.75) is 19.4 Å². The Balaban J connectivity index is 0.00000361. The van der Waals surface area contributed by atoms with Crippen LogP contribution in [0.3, 0.4) is 0 Å². The number of hydrogen-bond donors (Lipinski definition) is 3. The van der Waals surface area contributed by atoms with Gasteiger partial charge in [0, 0.05) is 6.54 Å². The molecule has 20 heavy (non-hydrogen) atoms. The van der Waals surface area contributed by atoms with E-state index in [2.05, 4.69) is 10.6 Å². The van der Waals surface area contributed by atoms with Gasteiger partial charge in [0.2, 0.25) is 0 Å². The molecule has 0 saturated carbocycles. The molecule has 0 aromatic heterocycles. The summed E-state index contributed by atoms with van der Waals surface area (Å²) in [6.07, 6.45) is 1.49. The lowest BCUT2D eigenvalue weighted by Gasteiger charge is -2.07. The Morgan fingerprint density at radius 3 is 2.50 bits per heavy atom. The third kappa shape index (κ3) is 9.61. The second-order valence-electron chi connectivity index (χ2n) is 4.23. The van der Waals surface area contributed by atoms with Crippen LogP contribution in [0.15, 0.2) is 30.3 Å². The van der Waals surface area contributed by atoms with Gasteiger partial charge < -0.3 is 21.1 Å². The van der Waals surface area contributed by atoms with Crippen molar-refractivity contribution in [3.05, 3.63) is 35.9 Å². The van der Waals surface area contributed by atoms with Crippen molar-refractivity contribution in [1.29, 1.82) is 0 Å². The lowest BCUT2D eigenvalue weighted by atomic mass is 10.2. The van der Waals surface area contributed by atoms with Crippen LogP contribution in [0.2, 0.25) is 0 Å². The molecule has 0 aliphatic carbocycles. The quantitative estimate of drug-likeness (QED) is 0.606. The number of nitrogens with one attached hydrogen (secondary N) is 2. The van der Waals surface area contributed by atoms with Crippen LogP contribution in [0, 0.1) is 0 Å². The molecule has 0 saturated heterocycles. The topological polar surface area (TPSA) is 76.4 Å². The molecule has 0 aliphatic rings. The SMILES string of the molecule is Cl.NCCCNCCCNC(=O)OCc1ccccc1. The molecule has 114 valence electrons. The van der Waals surface area contributed by atoms with E-state index in [4.69, 9.17) is 10.5 Å². The summed E-state index contributed by atoms with van der Waals surface area (Å²) < 4.78 is 5.09. The van der Waals surface area contributed by atoms with Crippen molar-refractivity contribution in [3.8, 4) is 0 Å². The van der Waals surface area contributed by atoms with Crippen molar-refractivity contribution in [3.63, 3.8) is 0 Å². The molecule has 1 rings (SSSR count). The van der Waals surface area contributed by atoms with Crippen molar-refractivity contribution in [2.24, 2.45) is 5.73 Å². The zero-order chi connectivity index (χ0) is 13.8. The van der Waals surface area contributed by atoms with E-state index >= 15 is 0 Å². The molecule has 6 heteroatoms. The van der Waals surface area contributed by atoms with Crippen molar-refractivity contribution >= 4 is 18.5 Å². The van der Waals surface area contributed by atoms with E-state index in [0.717, 1.165) is 31.5 Å². The third-order valence-electron chi connectivity index (χ3n) is 2.57. The molecule has 0 aliphatic heterocycles. The highest BCUT2D eigenvalue weighted by molar-refractivity contribution is 5.85. The van der Waals surface area contributed by atoms with E-state index in [1.807, 2.05) is 30.3 Å². The van der Waals surface area contributed by atoms with Crippen LogP contribution in [0.1, 0.15) is 18.4 Å². The second kappa shape index (κ2) is 12.7. The third-order valence-corrected chi connectivity index (χ3v) is 2.57. The van der Waals surface area contributed by atoms with Gasteiger partial charge in [-0.2, -0.15) is 0 Å². The van der Waals surface area contributed by atoms with Crippen LogP contribution >= 0.6 is 12.4 Å². The van der Waals surface area contributed by atoms with Gasteiger partial charge in [-0.25, -0.2) is 4.79 Å². The average Bonchev–Trinajstić information content (AvgIpc) is 2.45. The highest BCUT2D eigenvalue weighted by Gasteiger charge is 2.01. The normalized spacial score (nSPS) is 9.65. The number of benzene rings is 1. The molecular formula is C14H24ClN3O2. The van der Waals surface area contributed by atoms with Crippen molar-refractivity contribution < 1.29 is 9.53 Å². The molecule has 1 amide bonds. The molecule has 0 atom stereocenters. The predicted molar refractivity (Wildman–Crippen MR) is 83.0 cm³/mol. The maximum absolute atomic E-state index is 11.4. The number of halogens is 1. The van der Waals surface area contributed by atoms with Crippen molar-refractivity contribution in [2.75, 3.05) is 26.2 Å². The Bertz CT molecular complexity index is 350. The molecule has 0 bridgehead atoms. The average molecular weight is 302 g/mol. The predicted octanol–water partition coefficient (Wildman–Crippen LogP) is 1.66. The number of ether oxygens (including phenoxy) is 1. The number of carbonyl (C=O) groups is 1. The lowest BCUT2D eigenvalue weighted by molar-refractivity contribution is 0.139. The van der Waals surface area contributed by atoms with Crippen LogP contribution in [0.25, 0.3) is 0 Å². The smallest absolute Gasteiger partial charge is 0.407 e. The van der Waals surface area contributed by atoms with E-state index in [9.17, 15) is 4.79 Å². The number of alkyl carbamates (subject to hydrolysis) is 1. The zero-order valence-corrected chi connectivity index (χ0v) is 12.5. The first-order valence-electron chi connectivity index (χ1n) is 6.68. The summed E-state index contributed by atoms with van der Waals surface area (Å²) in [5.74, 6) is 0. The summed E-state index contributed by atoms with van der Waals surface area (Å²) in [7, 11) is 0. The Kier molecular flexibility index (Phi) is 11.9. The molecule has 0 spiro atoms. The van der Waals surface area contributed by atoms with Crippen LogP contribution in [-0.4, -0.2) is 32.3 Å². The van der Waals surface area contributed by atoms with Crippen molar-refractivity contribution in [1.82, 2.24) is 10.6 Å². The van der Waals surface area contributed by atoms with Gasteiger partial charge in [-0.05, 0) is 38.0 Å². The van der Waals surface area contributed by atoms with E-state index < -0.39 is 0 Å². The maximum Gasteiger partial charge on any atom is 0.407 e. The van der Waals surface area contributed by atoms with E-state index in [0.29, 0.717) is 19.7 Å². The van der Waals surface area contributed by atoms with Crippen LogP contribution < -0.4 is 16.4 Å². The molecule has 1 aromatic carbocycles. The lowest BCUT2D eigenvalue weighted by Crippen LogP contribution is -2.28. The number of hydrogen-bond acceptors (Lipinski definition) is 4. The van der Waals surface area contributed by atoms with Gasteiger partial charge in [-0.15, -0.1) is 12.4 Å². The number of rotatable bonds is 9. The molecule has 0 heterocycles. The fourth-order valence-electron chi connectivity index (χ4n) is 1.53. The fraction of sp³-hybridized carbons (Fsp3) is 0.500. The summed E-state index contributed by atoms with van der Waals surface area (Å²) in [6.45, 7) is 3.43. The number of nitrogens with two attached hydrogens (primary N) is 1. The van der Waals surface area contributed by atoms with E-state index in [1.165, 1.54) is 0 Å². The van der Waals surface area contributed by atoms with Gasteiger partial charge in [0.1, 0.15) is 6.61 Å². The van der Waals surface area contributed by atoms with E-state index in [-0.39, 0.29) is 18.5 Å². The Morgan fingerprint density at radius 1 is 1.10 bits per heavy atom. The summed E-state index contributed by atoms with van der Waals surface area (Å²) >= 11 is 0. The minimum absolute atomic E-state index is 0. The highest BCUT2D eigenvalue weighted by Crippen LogP contribution is 2.00. The minimum Gasteiger partial charge on any atom is -0.445 e. The molecule has 0 fully saturated rings. The van der Waals surface area contributed by atoms with Crippen LogP contribution in [0.4, 0.5) is 4.79 Å². The summed E-state index contributed by atoms with van der Waals surface area (Å²) in [5.41, 5.74) is 6.36. The standard InChI is InChI=1S/C14H23N3O2.ClH/c15-8-4-9-16-10-5-11-17-14(18)19-12-13-6-2-1-3-7-13;/h1-3,6-7,16H,4-5,8-12,15H2,(H,17,18);1H. The summed E-state index contributed by atoms with van der Waals surface area (Å²) in [4.78, 5) is 11.4. The number of amides is 1. The van der Waals surface area contributed by atoms with Gasteiger partial charge in [-0.1, -0.05) is 30.3 Å². The van der Waals surface area contributed by atoms with Gasteiger partial charge in [-0.3, -0.25) is 0 Å². The molecule has 0 unspecified atom stereocenters. The fourth-order valence-corrected chi connectivity index (χ4v) is 1.53. The monoisotopic (exact) mass is 301 g/mol. The Hall–Kier alpha value is -1.30. The van der Waals surface area contributed by atoms with E-state index in [1.54, 1.807) is 0 Å². The largest absolute Gasteiger partial charge is 0.445 e. The molecule has 4 N–H and O–H groups in total. The molecule has 1 aromatic rings.